The first kappa shape index (κ1) is 26.7. The zero-order chi connectivity index (χ0) is 32.1. The van der Waals surface area contributed by atoms with E-state index < -0.39 is 0 Å². The third-order valence-electron chi connectivity index (χ3n) is 9.80. The zero-order valence-corrected chi connectivity index (χ0v) is 26.9. The first-order chi connectivity index (χ1) is 24.3. The lowest BCUT2D eigenvalue weighted by atomic mass is 10.0. The molecular weight excluding hydrogens is 619 g/mol. The molecule has 0 fully saturated rings. The van der Waals surface area contributed by atoms with E-state index in [-0.39, 0.29) is 0 Å². The Bertz CT molecular complexity index is 3110. The van der Waals surface area contributed by atoms with Crippen LogP contribution in [-0.4, -0.2) is 24.1 Å². The lowest BCUT2D eigenvalue weighted by molar-refractivity contribution is 1.02. The van der Waals surface area contributed by atoms with Crippen molar-refractivity contribution in [1.82, 2.24) is 24.1 Å². The molecule has 0 N–H and O–H groups in total. The molecule has 5 aromatic heterocycles. The van der Waals surface area contributed by atoms with E-state index in [1.165, 1.54) is 26.2 Å². The molecule has 5 nitrogen and oxygen atoms in total. The van der Waals surface area contributed by atoms with Crippen LogP contribution in [0.5, 0.6) is 0 Å². The monoisotopic (exact) mass is 643 g/mol. The minimum atomic E-state index is 0.657. The van der Waals surface area contributed by atoms with Crippen molar-refractivity contribution < 1.29 is 0 Å². The SMILES string of the molecule is c1ccc(-n2c3ccccc3c3ccc4c(c5ccccc5n4-c4nc(-c5cccc6ccccc56)c5sc6ccccc6c5n4)c32)nc1. The molecule has 0 bridgehead atoms. The number of aromatic nitrogens is 5. The summed E-state index contributed by atoms with van der Waals surface area (Å²) in [6.45, 7) is 0. The van der Waals surface area contributed by atoms with Gasteiger partial charge >= 0.3 is 0 Å². The van der Waals surface area contributed by atoms with Gasteiger partial charge in [0, 0.05) is 43.4 Å². The van der Waals surface area contributed by atoms with Crippen molar-refractivity contribution in [3.8, 4) is 23.0 Å². The van der Waals surface area contributed by atoms with Crippen LogP contribution < -0.4 is 0 Å². The number of benzene rings is 6. The summed E-state index contributed by atoms with van der Waals surface area (Å²) >= 11 is 1.76. The van der Waals surface area contributed by atoms with Crippen molar-refractivity contribution in [2.45, 2.75) is 0 Å². The second-order valence-corrected chi connectivity index (χ2v) is 13.5. The average molecular weight is 644 g/mol. The van der Waals surface area contributed by atoms with Crippen LogP contribution in [-0.2, 0) is 0 Å². The van der Waals surface area contributed by atoms with Crippen LogP contribution in [0, 0.1) is 0 Å². The Labute approximate surface area is 284 Å². The highest BCUT2D eigenvalue weighted by Gasteiger charge is 2.24. The Morgan fingerprint density at radius 1 is 0.490 bits per heavy atom. The van der Waals surface area contributed by atoms with E-state index in [0.717, 1.165) is 65.5 Å². The summed E-state index contributed by atoms with van der Waals surface area (Å²) in [5, 5.41) is 8.20. The fourth-order valence-electron chi connectivity index (χ4n) is 7.74. The van der Waals surface area contributed by atoms with E-state index in [1.807, 2.05) is 12.3 Å². The molecule has 0 spiro atoms. The minimum Gasteiger partial charge on any atom is -0.293 e. The molecule has 0 aliphatic rings. The van der Waals surface area contributed by atoms with Crippen LogP contribution in [0.25, 0.3) is 97.7 Å². The lowest BCUT2D eigenvalue weighted by Crippen LogP contribution is -2.03. The number of nitrogens with zero attached hydrogens (tertiary/aromatic N) is 5. The second-order valence-electron chi connectivity index (χ2n) is 12.4. The van der Waals surface area contributed by atoms with Gasteiger partial charge in [0.05, 0.1) is 38.0 Å². The summed E-state index contributed by atoms with van der Waals surface area (Å²) in [7, 11) is 0. The molecule has 0 radical (unpaired) electrons. The topological polar surface area (TPSA) is 48.5 Å². The highest BCUT2D eigenvalue weighted by Crippen LogP contribution is 2.44. The fraction of sp³-hybridized carbons (Fsp3) is 0. The molecule has 0 aliphatic carbocycles. The number of thiophene rings is 1. The Morgan fingerprint density at radius 2 is 1.20 bits per heavy atom. The van der Waals surface area contributed by atoms with Gasteiger partial charge in [0.1, 0.15) is 5.82 Å². The Balaban J connectivity index is 1.32. The number of fused-ring (bicyclic) bond motifs is 11. The number of pyridine rings is 1. The number of hydrogen-bond donors (Lipinski definition) is 0. The maximum absolute atomic E-state index is 5.51. The van der Waals surface area contributed by atoms with E-state index in [9.17, 15) is 0 Å². The fourth-order valence-corrected chi connectivity index (χ4v) is 8.89. The van der Waals surface area contributed by atoms with Crippen molar-refractivity contribution in [3.63, 3.8) is 0 Å². The van der Waals surface area contributed by atoms with Crippen LogP contribution in [0.1, 0.15) is 0 Å². The van der Waals surface area contributed by atoms with Crippen molar-refractivity contribution in [1.29, 1.82) is 0 Å². The normalized spacial score (nSPS) is 12.1. The molecule has 5 heterocycles. The third kappa shape index (κ3) is 3.72. The highest BCUT2D eigenvalue weighted by molar-refractivity contribution is 7.26. The molecule has 6 aromatic carbocycles. The smallest absolute Gasteiger partial charge is 0.235 e. The lowest BCUT2D eigenvalue weighted by Gasteiger charge is -2.12. The van der Waals surface area contributed by atoms with Crippen molar-refractivity contribution in [2.75, 3.05) is 0 Å². The molecule has 0 atom stereocenters. The van der Waals surface area contributed by atoms with Gasteiger partial charge < -0.3 is 0 Å². The number of para-hydroxylation sites is 2. The quantitative estimate of drug-likeness (QED) is 0.192. The van der Waals surface area contributed by atoms with E-state index in [0.29, 0.717) is 5.95 Å². The van der Waals surface area contributed by atoms with Gasteiger partial charge in [-0.15, -0.1) is 11.3 Å². The van der Waals surface area contributed by atoms with Crippen molar-refractivity contribution >= 4 is 86.0 Å². The predicted octanol–water partition coefficient (Wildman–Crippen LogP) is 11.3. The van der Waals surface area contributed by atoms with Gasteiger partial charge in [-0.1, -0.05) is 109 Å². The first-order valence-corrected chi connectivity index (χ1v) is 17.2. The van der Waals surface area contributed by atoms with Crippen LogP contribution in [0.4, 0.5) is 0 Å². The molecule has 228 valence electrons. The molecule has 0 saturated carbocycles. The summed E-state index contributed by atoms with van der Waals surface area (Å²) < 4.78 is 6.86. The number of rotatable bonds is 3. The van der Waals surface area contributed by atoms with Gasteiger partial charge in [-0.25, -0.2) is 15.0 Å². The molecule has 11 aromatic rings. The first-order valence-electron chi connectivity index (χ1n) is 16.4. The van der Waals surface area contributed by atoms with Crippen LogP contribution in [0.2, 0.25) is 0 Å². The van der Waals surface area contributed by atoms with E-state index in [2.05, 4.69) is 149 Å². The Morgan fingerprint density at radius 3 is 2.06 bits per heavy atom. The zero-order valence-electron chi connectivity index (χ0n) is 26.1. The molecule has 6 heteroatoms. The third-order valence-corrected chi connectivity index (χ3v) is 11.0. The molecular formula is C43H25N5S. The van der Waals surface area contributed by atoms with Gasteiger partial charge in [-0.2, -0.15) is 0 Å². The van der Waals surface area contributed by atoms with Crippen LogP contribution in [0.15, 0.2) is 152 Å². The molecule has 0 aliphatic heterocycles. The molecule has 0 saturated heterocycles. The predicted molar refractivity (Wildman–Crippen MR) is 204 cm³/mol. The van der Waals surface area contributed by atoms with E-state index in [1.54, 1.807) is 11.3 Å². The van der Waals surface area contributed by atoms with Gasteiger partial charge in [-0.3, -0.25) is 9.13 Å². The highest BCUT2D eigenvalue weighted by atomic mass is 32.1. The molecule has 0 amide bonds. The Kier molecular flexibility index (Phi) is 5.48. The standard InChI is InChI=1S/C43H25N5S/c1-2-14-27-26(12-1)13-11-18-29(27)39-42-40(32-17-5-8-21-36(32)49-42)46-43(45-39)47-34-20-7-4-16-31(34)38-35(47)24-23-30-28-15-3-6-19-33(28)48(41(30)38)37-22-9-10-25-44-37/h1-25H. The van der Waals surface area contributed by atoms with Gasteiger partial charge in [0.15, 0.2) is 0 Å². The maximum atomic E-state index is 5.51. The van der Waals surface area contributed by atoms with Gasteiger partial charge in [0.25, 0.3) is 0 Å². The molecule has 0 unspecified atom stereocenters. The summed E-state index contributed by atoms with van der Waals surface area (Å²) in [6, 6.07) is 51.4. The van der Waals surface area contributed by atoms with Crippen LogP contribution >= 0.6 is 11.3 Å². The number of hydrogen-bond acceptors (Lipinski definition) is 4. The summed E-state index contributed by atoms with van der Waals surface area (Å²) in [6.07, 6.45) is 1.86. The van der Waals surface area contributed by atoms with E-state index in [4.69, 9.17) is 15.0 Å². The van der Waals surface area contributed by atoms with Gasteiger partial charge in [-0.05, 0) is 47.2 Å². The summed E-state index contributed by atoms with van der Waals surface area (Å²) in [4.78, 5) is 15.8. The Hall–Kier alpha value is -6.37. The largest absolute Gasteiger partial charge is 0.293 e. The van der Waals surface area contributed by atoms with E-state index >= 15 is 0 Å². The average Bonchev–Trinajstić information content (AvgIpc) is 3.82. The van der Waals surface area contributed by atoms with Gasteiger partial charge in [0.2, 0.25) is 5.95 Å². The summed E-state index contributed by atoms with van der Waals surface area (Å²) in [5.41, 5.74) is 7.40. The summed E-state index contributed by atoms with van der Waals surface area (Å²) in [5.74, 6) is 1.55. The maximum Gasteiger partial charge on any atom is 0.235 e. The van der Waals surface area contributed by atoms with Crippen LogP contribution in [0.3, 0.4) is 0 Å². The van der Waals surface area contributed by atoms with Crippen molar-refractivity contribution in [2.24, 2.45) is 0 Å². The molecule has 49 heavy (non-hydrogen) atoms. The minimum absolute atomic E-state index is 0.657. The van der Waals surface area contributed by atoms with Crippen molar-refractivity contribution in [3.05, 3.63) is 152 Å². The second kappa shape index (κ2) is 10.1. The molecule has 11 rings (SSSR count).